The van der Waals surface area contributed by atoms with Crippen LogP contribution in [0.2, 0.25) is 0 Å². The van der Waals surface area contributed by atoms with Gasteiger partial charge < -0.3 is 9.30 Å². The summed E-state index contributed by atoms with van der Waals surface area (Å²) in [4.78, 5) is 8.95. The second kappa shape index (κ2) is 4.94. The van der Waals surface area contributed by atoms with Gasteiger partial charge in [0.2, 0.25) is 5.90 Å². The highest BCUT2D eigenvalue weighted by Crippen LogP contribution is 2.35. The Morgan fingerprint density at radius 1 is 1.43 bits per heavy atom. The van der Waals surface area contributed by atoms with Crippen LogP contribution in [-0.4, -0.2) is 22.6 Å². The fourth-order valence-corrected chi connectivity index (χ4v) is 3.08. The van der Waals surface area contributed by atoms with Gasteiger partial charge in [0.1, 0.15) is 17.1 Å². The van der Waals surface area contributed by atoms with Gasteiger partial charge in [0, 0.05) is 10.0 Å². The number of halogens is 2. The van der Waals surface area contributed by atoms with Crippen LogP contribution in [-0.2, 0) is 16.8 Å². The lowest BCUT2D eigenvalue weighted by Gasteiger charge is -2.32. The van der Waals surface area contributed by atoms with Crippen LogP contribution in [0.3, 0.4) is 0 Å². The Morgan fingerprint density at radius 2 is 2.19 bits per heavy atom. The van der Waals surface area contributed by atoms with Crippen molar-refractivity contribution in [2.45, 2.75) is 25.9 Å². The predicted molar refractivity (Wildman–Crippen MR) is 82.0 cm³/mol. The molecule has 0 amide bonds. The number of nitrogens with zero attached hydrogens (tertiary/aromatic N) is 3. The second-order valence-electron chi connectivity index (χ2n) is 5.33. The van der Waals surface area contributed by atoms with E-state index in [9.17, 15) is 4.39 Å². The molecule has 0 saturated heterocycles. The average Bonchev–Trinajstić information content (AvgIpc) is 2.81. The molecule has 0 aliphatic carbocycles. The van der Waals surface area contributed by atoms with Crippen molar-refractivity contribution in [3.8, 4) is 0 Å². The largest absolute Gasteiger partial charge is 0.480 e. The molecular weight excluding hydrogens is 337 g/mol. The number of hydrogen-bond acceptors (Lipinski definition) is 3. The number of imidazole rings is 1. The van der Waals surface area contributed by atoms with Crippen LogP contribution in [0, 0.1) is 12.7 Å². The van der Waals surface area contributed by atoms with Crippen LogP contribution in [0.5, 0.6) is 0 Å². The summed E-state index contributed by atoms with van der Waals surface area (Å²) in [5, 5.41) is 0. The van der Waals surface area contributed by atoms with Crippen molar-refractivity contribution in [3.05, 3.63) is 51.8 Å². The molecule has 0 spiro atoms. The second-order valence-corrected chi connectivity index (χ2v) is 6.24. The maximum Gasteiger partial charge on any atom is 0.235 e. The van der Waals surface area contributed by atoms with Gasteiger partial charge in [0.25, 0.3) is 0 Å². The van der Waals surface area contributed by atoms with E-state index >= 15 is 0 Å². The molecule has 110 valence electrons. The van der Waals surface area contributed by atoms with Crippen molar-refractivity contribution < 1.29 is 9.13 Å². The van der Waals surface area contributed by atoms with Gasteiger partial charge in [-0.25, -0.2) is 14.4 Å². The molecule has 1 aliphatic rings. The Balaban J connectivity index is 2.17. The molecule has 4 nitrogen and oxygen atoms in total. The fourth-order valence-electron chi connectivity index (χ4n) is 2.72. The van der Waals surface area contributed by atoms with Crippen LogP contribution in [0.25, 0.3) is 0 Å². The number of ether oxygens (including phenoxy) is 1. The zero-order valence-corrected chi connectivity index (χ0v) is 13.6. The molecule has 2 heterocycles. The van der Waals surface area contributed by atoms with E-state index in [4.69, 9.17) is 4.74 Å². The van der Waals surface area contributed by atoms with E-state index in [-0.39, 0.29) is 5.82 Å². The molecule has 0 N–H and O–H groups in total. The number of aliphatic imine (C=N–C) groups is 1. The lowest BCUT2D eigenvalue weighted by Crippen LogP contribution is -2.35. The standard InChI is InChI=1S/C15H15BrFN3O/c1-9-13-14(21-3)19-15(2,7-20(13)8-18-9)11-6-10(16)4-5-12(11)17/h4-6,8H,7H2,1-3H3/t15-/m0/s1. The van der Waals surface area contributed by atoms with Gasteiger partial charge in [0.15, 0.2) is 0 Å². The summed E-state index contributed by atoms with van der Waals surface area (Å²) >= 11 is 3.39. The van der Waals surface area contributed by atoms with Crippen LogP contribution < -0.4 is 0 Å². The van der Waals surface area contributed by atoms with E-state index in [1.54, 1.807) is 25.6 Å². The van der Waals surface area contributed by atoms with Crippen LogP contribution >= 0.6 is 15.9 Å². The van der Waals surface area contributed by atoms with Crippen molar-refractivity contribution in [1.29, 1.82) is 0 Å². The Kier molecular flexibility index (Phi) is 3.36. The van der Waals surface area contributed by atoms with Crippen LogP contribution in [0.1, 0.15) is 23.9 Å². The highest BCUT2D eigenvalue weighted by molar-refractivity contribution is 9.10. The Morgan fingerprint density at radius 3 is 2.90 bits per heavy atom. The molecule has 3 rings (SSSR count). The van der Waals surface area contributed by atoms with Gasteiger partial charge in [-0.1, -0.05) is 15.9 Å². The Bertz CT molecular complexity index is 741. The SMILES string of the molecule is COC1=N[C@](C)(c2cc(Br)ccc2F)Cn2cnc(C)c21. The first kappa shape index (κ1) is 14.3. The molecule has 0 saturated carbocycles. The highest BCUT2D eigenvalue weighted by atomic mass is 79.9. The highest BCUT2D eigenvalue weighted by Gasteiger charge is 2.36. The van der Waals surface area contributed by atoms with E-state index in [0.29, 0.717) is 18.0 Å². The quantitative estimate of drug-likeness (QED) is 0.789. The number of rotatable bonds is 1. The van der Waals surface area contributed by atoms with Crippen LogP contribution in [0.4, 0.5) is 4.39 Å². The molecule has 1 aromatic carbocycles. The van der Waals surface area contributed by atoms with Gasteiger partial charge in [-0.2, -0.15) is 0 Å². The minimum Gasteiger partial charge on any atom is -0.480 e. The molecule has 0 bridgehead atoms. The monoisotopic (exact) mass is 351 g/mol. The third-order valence-electron chi connectivity index (χ3n) is 3.75. The molecular formula is C15H15BrFN3O. The van der Waals surface area contributed by atoms with Gasteiger partial charge >= 0.3 is 0 Å². The number of hydrogen-bond donors (Lipinski definition) is 0. The predicted octanol–water partition coefficient (Wildman–Crippen LogP) is 3.42. The number of methoxy groups -OCH3 is 1. The number of benzene rings is 1. The smallest absolute Gasteiger partial charge is 0.235 e. The molecule has 21 heavy (non-hydrogen) atoms. The van der Waals surface area contributed by atoms with E-state index in [1.165, 1.54) is 6.07 Å². The van der Waals surface area contributed by atoms with Crippen molar-refractivity contribution in [2.24, 2.45) is 4.99 Å². The summed E-state index contributed by atoms with van der Waals surface area (Å²) in [5.41, 5.74) is 1.50. The van der Waals surface area contributed by atoms with E-state index < -0.39 is 5.54 Å². The van der Waals surface area contributed by atoms with E-state index in [1.807, 2.05) is 18.4 Å². The molecule has 1 aliphatic heterocycles. The first-order valence-electron chi connectivity index (χ1n) is 6.56. The van der Waals surface area contributed by atoms with Gasteiger partial charge in [-0.3, -0.25) is 0 Å². The molecule has 1 aromatic heterocycles. The molecule has 6 heteroatoms. The van der Waals surface area contributed by atoms with Crippen molar-refractivity contribution in [3.63, 3.8) is 0 Å². The summed E-state index contributed by atoms with van der Waals surface area (Å²) in [6.07, 6.45) is 1.74. The first-order chi connectivity index (χ1) is 9.94. The first-order valence-corrected chi connectivity index (χ1v) is 7.35. The zero-order chi connectivity index (χ0) is 15.2. The average molecular weight is 352 g/mol. The lowest BCUT2D eigenvalue weighted by atomic mass is 9.90. The summed E-state index contributed by atoms with van der Waals surface area (Å²) in [6.45, 7) is 4.32. The Hall–Kier alpha value is -1.69. The summed E-state index contributed by atoms with van der Waals surface area (Å²) < 4.78 is 22.4. The Labute approximate surface area is 130 Å². The zero-order valence-electron chi connectivity index (χ0n) is 12.0. The van der Waals surface area contributed by atoms with E-state index in [2.05, 4.69) is 25.9 Å². The number of aromatic nitrogens is 2. The summed E-state index contributed by atoms with van der Waals surface area (Å²) in [6, 6.07) is 4.89. The van der Waals surface area contributed by atoms with Crippen molar-refractivity contribution in [2.75, 3.05) is 7.11 Å². The van der Waals surface area contributed by atoms with Gasteiger partial charge in [0.05, 0.1) is 25.7 Å². The maximum absolute atomic E-state index is 14.3. The number of fused-ring (bicyclic) bond motifs is 1. The molecule has 0 unspecified atom stereocenters. The fraction of sp³-hybridized carbons (Fsp3) is 0.333. The normalized spacial score (nSPS) is 20.9. The molecule has 0 radical (unpaired) electrons. The van der Waals surface area contributed by atoms with Gasteiger partial charge in [-0.15, -0.1) is 0 Å². The molecule has 2 aromatic rings. The summed E-state index contributed by atoms with van der Waals surface area (Å²) in [5.74, 6) is 0.207. The topological polar surface area (TPSA) is 39.4 Å². The molecule has 0 fully saturated rings. The maximum atomic E-state index is 14.3. The lowest BCUT2D eigenvalue weighted by molar-refractivity contribution is 0.333. The molecule has 1 atom stereocenters. The minimum absolute atomic E-state index is 0.278. The van der Waals surface area contributed by atoms with Crippen molar-refractivity contribution >= 4 is 21.8 Å². The van der Waals surface area contributed by atoms with Crippen molar-refractivity contribution in [1.82, 2.24) is 9.55 Å². The van der Waals surface area contributed by atoms with E-state index in [0.717, 1.165) is 15.9 Å². The summed E-state index contributed by atoms with van der Waals surface area (Å²) in [7, 11) is 1.57. The van der Waals surface area contributed by atoms with Crippen LogP contribution in [0.15, 0.2) is 34.0 Å². The third-order valence-corrected chi connectivity index (χ3v) is 4.25. The third kappa shape index (κ3) is 2.27. The van der Waals surface area contributed by atoms with Gasteiger partial charge in [-0.05, 0) is 32.0 Å². The number of aryl methyl sites for hydroxylation is 1. The minimum atomic E-state index is -0.737.